The van der Waals surface area contributed by atoms with Crippen LogP contribution in [0.4, 0.5) is 0 Å². The van der Waals surface area contributed by atoms with Crippen LogP contribution in [0.5, 0.6) is 0 Å². The highest BCUT2D eigenvalue weighted by atomic mass is 16.7. The van der Waals surface area contributed by atoms with Crippen molar-refractivity contribution in [2.45, 2.75) is 25.2 Å². The van der Waals surface area contributed by atoms with Gasteiger partial charge in [0.25, 0.3) is 0 Å². The van der Waals surface area contributed by atoms with Crippen molar-refractivity contribution in [2.75, 3.05) is 13.2 Å². The summed E-state index contributed by atoms with van der Waals surface area (Å²) < 4.78 is 11.4. The van der Waals surface area contributed by atoms with Gasteiger partial charge in [-0.25, -0.2) is 0 Å². The molecule has 1 aliphatic rings. The molecule has 0 aromatic heterocycles. The fourth-order valence-electron chi connectivity index (χ4n) is 1.83. The highest BCUT2D eigenvalue weighted by molar-refractivity contribution is 5.16. The molecule has 0 saturated carbocycles. The zero-order chi connectivity index (χ0) is 11.9. The lowest BCUT2D eigenvalue weighted by Crippen LogP contribution is -2.27. The summed E-state index contributed by atoms with van der Waals surface area (Å²) in [4.78, 5) is 2.74. The Bertz CT molecular complexity index is 390. The van der Waals surface area contributed by atoms with Crippen LogP contribution in [0.2, 0.25) is 0 Å². The average molecular weight is 233 g/mol. The van der Waals surface area contributed by atoms with E-state index in [9.17, 15) is 0 Å². The molecule has 2 atom stereocenters. The second kappa shape index (κ2) is 6.25. The van der Waals surface area contributed by atoms with E-state index in [1.807, 2.05) is 30.3 Å². The summed E-state index contributed by atoms with van der Waals surface area (Å²) in [6, 6.07) is 9.86. The predicted octanol–water partition coefficient (Wildman–Crippen LogP) is 3.19. The lowest BCUT2D eigenvalue weighted by atomic mass is 10.1. The first kappa shape index (κ1) is 11.9. The molecule has 5 heteroatoms. The lowest BCUT2D eigenvalue weighted by molar-refractivity contribution is -0.217. The summed E-state index contributed by atoms with van der Waals surface area (Å²) in [5.41, 5.74) is 9.25. The Hall–Kier alpha value is -1.55. The van der Waals surface area contributed by atoms with Crippen molar-refractivity contribution >= 4 is 0 Å². The summed E-state index contributed by atoms with van der Waals surface area (Å²) in [7, 11) is 0. The van der Waals surface area contributed by atoms with Crippen LogP contribution >= 0.6 is 0 Å². The van der Waals surface area contributed by atoms with Gasteiger partial charge in [0.1, 0.15) is 0 Å². The lowest BCUT2D eigenvalue weighted by Gasteiger charge is -2.30. The molecule has 0 bridgehead atoms. The Labute approximate surface area is 100.0 Å². The third-order valence-electron chi connectivity index (χ3n) is 2.71. The number of nitrogens with zero attached hydrogens (tertiary/aromatic N) is 3. The van der Waals surface area contributed by atoms with Crippen LogP contribution in [-0.2, 0) is 9.47 Å². The molecule has 1 saturated heterocycles. The monoisotopic (exact) mass is 233 g/mol. The van der Waals surface area contributed by atoms with Gasteiger partial charge in [0.2, 0.25) is 0 Å². The molecular weight excluding hydrogens is 218 g/mol. The van der Waals surface area contributed by atoms with Crippen molar-refractivity contribution in [2.24, 2.45) is 5.11 Å². The largest absolute Gasteiger partial charge is 0.348 e. The number of benzene rings is 1. The Balaban J connectivity index is 1.91. The first-order valence-corrected chi connectivity index (χ1v) is 5.73. The van der Waals surface area contributed by atoms with E-state index in [0.717, 1.165) is 18.4 Å². The first-order chi connectivity index (χ1) is 8.40. The van der Waals surface area contributed by atoms with Gasteiger partial charge in [0, 0.05) is 17.0 Å². The van der Waals surface area contributed by atoms with E-state index in [4.69, 9.17) is 15.0 Å². The highest BCUT2D eigenvalue weighted by Gasteiger charge is 2.23. The molecule has 2 rings (SSSR count). The molecule has 90 valence electrons. The van der Waals surface area contributed by atoms with E-state index < -0.39 is 0 Å². The Morgan fingerprint density at radius 1 is 1.35 bits per heavy atom. The molecule has 0 radical (unpaired) electrons. The quantitative estimate of drug-likeness (QED) is 0.455. The fourth-order valence-corrected chi connectivity index (χ4v) is 1.83. The SMILES string of the molecule is [N-]=[N+]=NCC[C@H]1CCO[C@@H](c2ccccc2)O1. The molecule has 1 heterocycles. The minimum atomic E-state index is -0.291. The van der Waals surface area contributed by atoms with Gasteiger partial charge in [-0.15, -0.1) is 0 Å². The average Bonchev–Trinajstić information content (AvgIpc) is 2.41. The van der Waals surface area contributed by atoms with Crippen molar-refractivity contribution in [3.63, 3.8) is 0 Å². The molecule has 0 N–H and O–H groups in total. The first-order valence-electron chi connectivity index (χ1n) is 5.73. The molecule has 17 heavy (non-hydrogen) atoms. The molecule has 1 aliphatic heterocycles. The van der Waals surface area contributed by atoms with E-state index in [-0.39, 0.29) is 12.4 Å². The van der Waals surface area contributed by atoms with Gasteiger partial charge in [-0.1, -0.05) is 35.4 Å². The molecule has 1 fully saturated rings. The summed E-state index contributed by atoms with van der Waals surface area (Å²) in [5, 5.41) is 3.52. The molecule has 0 aliphatic carbocycles. The summed E-state index contributed by atoms with van der Waals surface area (Å²) in [6.07, 6.45) is 1.42. The van der Waals surface area contributed by atoms with Crippen molar-refractivity contribution in [1.82, 2.24) is 0 Å². The molecule has 1 aromatic rings. The van der Waals surface area contributed by atoms with Gasteiger partial charge in [-0.3, -0.25) is 0 Å². The van der Waals surface area contributed by atoms with Gasteiger partial charge >= 0.3 is 0 Å². The Morgan fingerprint density at radius 3 is 2.94 bits per heavy atom. The van der Waals surface area contributed by atoms with E-state index in [2.05, 4.69) is 10.0 Å². The maximum Gasteiger partial charge on any atom is 0.184 e. The topological polar surface area (TPSA) is 67.2 Å². The van der Waals surface area contributed by atoms with E-state index in [1.54, 1.807) is 0 Å². The van der Waals surface area contributed by atoms with Crippen LogP contribution in [0.3, 0.4) is 0 Å². The van der Waals surface area contributed by atoms with Crippen molar-refractivity contribution < 1.29 is 9.47 Å². The smallest absolute Gasteiger partial charge is 0.184 e. The van der Waals surface area contributed by atoms with Crippen LogP contribution in [-0.4, -0.2) is 19.3 Å². The van der Waals surface area contributed by atoms with Crippen LogP contribution in [0.25, 0.3) is 10.4 Å². The van der Waals surface area contributed by atoms with Crippen LogP contribution < -0.4 is 0 Å². The van der Waals surface area contributed by atoms with Gasteiger partial charge in [0.15, 0.2) is 6.29 Å². The van der Waals surface area contributed by atoms with E-state index in [0.29, 0.717) is 13.2 Å². The third-order valence-corrected chi connectivity index (χ3v) is 2.71. The summed E-state index contributed by atoms with van der Waals surface area (Å²) in [6.45, 7) is 1.16. The number of hydrogen-bond acceptors (Lipinski definition) is 3. The van der Waals surface area contributed by atoms with Crippen molar-refractivity contribution in [3.05, 3.63) is 46.3 Å². The Morgan fingerprint density at radius 2 is 2.18 bits per heavy atom. The van der Waals surface area contributed by atoms with E-state index in [1.165, 1.54) is 0 Å². The minimum Gasteiger partial charge on any atom is -0.348 e. The second-order valence-corrected chi connectivity index (χ2v) is 3.90. The number of hydrogen-bond donors (Lipinski definition) is 0. The number of rotatable bonds is 4. The maximum absolute atomic E-state index is 8.22. The van der Waals surface area contributed by atoms with Crippen molar-refractivity contribution in [3.8, 4) is 0 Å². The third kappa shape index (κ3) is 3.46. The molecule has 0 unspecified atom stereocenters. The van der Waals surface area contributed by atoms with E-state index >= 15 is 0 Å². The van der Waals surface area contributed by atoms with Crippen molar-refractivity contribution in [1.29, 1.82) is 0 Å². The van der Waals surface area contributed by atoms with Gasteiger partial charge < -0.3 is 9.47 Å². The van der Waals surface area contributed by atoms with Crippen LogP contribution in [0.15, 0.2) is 35.4 Å². The van der Waals surface area contributed by atoms with Crippen LogP contribution in [0, 0.1) is 0 Å². The summed E-state index contributed by atoms with van der Waals surface area (Å²) in [5.74, 6) is 0. The molecular formula is C12H15N3O2. The normalized spacial score (nSPS) is 24.0. The molecule has 0 spiro atoms. The van der Waals surface area contributed by atoms with Crippen LogP contribution in [0.1, 0.15) is 24.7 Å². The molecule has 5 nitrogen and oxygen atoms in total. The zero-order valence-electron chi connectivity index (χ0n) is 9.53. The number of azide groups is 1. The van der Waals surface area contributed by atoms with Gasteiger partial charge in [0.05, 0.1) is 12.7 Å². The maximum atomic E-state index is 8.22. The Kier molecular flexibility index (Phi) is 4.38. The molecule has 0 amide bonds. The second-order valence-electron chi connectivity index (χ2n) is 3.90. The summed E-state index contributed by atoms with van der Waals surface area (Å²) >= 11 is 0. The zero-order valence-corrected chi connectivity index (χ0v) is 9.53. The fraction of sp³-hybridized carbons (Fsp3) is 0.500. The highest BCUT2D eigenvalue weighted by Crippen LogP contribution is 2.27. The number of ether oxygens (including phenoxy) is 2. The van der Waals surface area contributed by atoms with Gasteiger partial charge in [-0.2, -0.15) is 0 Å². The minimum absolute atomic E-state index is 0.111. The van der Waals surface area contributed by atoms with Gasteiger partial charge in [-0.05, 0) is 18.4 Å². The standard InChI is InChI=1S/C12H15N3O2/c13-15-14-8-6-11-7-9-16-12(17-11)10-4-2-1-3-5-10/h1-5,11-12H,6-9H2/t11-,12+/m0/s1. The predicted molar refractivity (Wildman–Crippen MR) is 63.3 cm³/mol. The molecule has 1 aromatic carbocycles.